The molecule has 6 nitrogen and oxygen atoms in total. The second-order valence-electron chi connectivity index (χ2n) is 11.4. The molecule has 1 atom stereocenters. The van der Waals surface area contributed by atoms with Crippen LogP contribution in [0.1, 0.15) is 104 Å². The number of unbranched alkanes of at least 4 members (excludes halogenated alkanes) is 9. The average molecular weight is 704 g/mol. The van der Waals surface area contributed by atoms with Crippen molar-refractivity contribution in [2.24, 2.45) is 0 Å². The highest BCUT2D eigenvalue weighted by atomic mass is 79.9. The Bertz CT molecular complexity index is 1440. The van der Waals surface area contributed by atoms with E-state index in [-0.39, 0.29) is 17.9 Å². The summed E-state index contributed by atoms with van der Waals surface area (Å²) in [5, 5.41) is 14.6. The number of carboxylic acid groups (broad SMARTS) is 1. The van der Waals surface area contributed by atoms with Crippen molar-refractivity contribution < 1.29 is 32.7 Å². The molecule has 46 heavy (non-hydrogen) atoms. The summed E-state index contributed by atoms with van der Waals surface area (Å²) in [7, 11) is 0. The van der Waals surface area contributed by atoms with Gasteiger partial charge in [0.25, 0.3) is 5.91 Å². The summed E-state index contributed by atoms with van der Waals surface area (Å²) in [6.45, 7) is 2.80. The van der Waals surface area contributed by atoms with Crippen LogP contribution in [-0.2, 0) is 22.2 Å². The smallest absolute Gasteiger partial charge is 0.417 e. The first-order chi connectivity index (χ1) is 22.0. The maximum absolute atomic E-state index is 13.6. The number of hydrogen-bond donors (Lipinski definition) is 3. The number of rotatable bonds is 17. The third kappa shape index (κ3) is 11.6. The van der Waals surface area contributed by atoms with E-state index in [9.17, 15) is 32.7 Å². The van der Waals surface area contributed by atoms with Gasteiger partial charge in [-0.3, -0.25) is 9.59 Å². The van der Waals surface area contributed by atoms with Crippen molar-refractivity contribution in [1.82, 2.24) is 10.6 Å². The van der Waals surface area contributed by atoms with Crippen molar-refractivity contribution in [3.63, 3.8) is 0 Å². The lowest BCUT2D eigenvalue weighted by molar-refractivity contribution is -0.150. The molecule has 0 radical (unpaired) electrons. The summed E-state index contributed by atoms with van der Waals surface area (Å²) >= 11 is 3.50. The number of amides is 2. The Balaban J connectivity index is 1.61. The van der Waals surface area contributed by atoms with Gasteiger partial charge in [0.05, 0.1) is 11.6 Å². The van der Waals surface area contributed by atoms with E-state index in [4.69, 9.17) is 0 Å². The fourth-order valence-corrected chi connectivity index (χ4v) is 5.88. The fraction of sp³-hybridized carbons (Fsp3) is 0.417. The third-order valence-corrected chi connectivity index (χ3v) is 8.65. The van der Waals surface area contributed by atoms with Gasteiger partial charge in [0.1, 0.15) is 0 Å². The van der Waals surface area contributed by atoms with Crippen LogP contribution in [0.2, 0.25) is 0 Å². The monoisotopic (exact) mass is 702 g/mol. The van der Waals surface area contributed by atoms with Crippen molar-refractivity contribution >= 4 is 33.7 Å². The first kappa shape index (κ1) is 36.8. The lowest BCUT2D eigenvalue weighted by Gasteiger charge is -2.20. The second-order valence-corrected chi connectivity index (χ2v) is 12.3. The maximum Gasteiger partial charge on any atom is 0.417 e. The minimum atomic E-state index is -4.53. The van der Waals surface area contributed by atoms with E-state index in [1.807, 2.05) is 0 Å². The zero-order chi connectivity index (χ0) is 33.5. The van der Waals surface area contributed by atoms with Crippen LogP contribution < -0.4 is 10.6 Å². The van der Waals surface area contributed by atoms with Gasteiger partial charge in [-0.15, -0.1) is 0 Å². The largest absolute Gasteiger partial charge is 0.474 e. The van der Waals surface area contributed by atoms with Crippen molar-refractivity contribution in [2.75, 3.05) is 6.54 Å². The Morgan fingerprint density at radius 3 is 2.02 bits per heavy atom. The Morgan fingerprint density at radius 2 is 1.43 bits per heavy atom. The van der Waals surface area contributed by atoms with Gasteiger partial charge in [-0.25, -0.2) is 4.79 Å². The van der Waals surface area contributed by atoms with Crippen LogP contribution in [0, 0.1) is 0 Å². The van der Waals surface area contributed by atoms with Crippen LogP contribution >= 0.6 is 15.9 Å². The van der Waals surface area contributed by atoms with E-state index < -0.39 is 29.7 Å². The number of halogens is 4. The molecule has 0 aliphatic heterocycles. The van der Waals surface area contributed by atoms with Crippen LogP contribution in [0.25, 0.3) is 11.1 Å². The Kier molecular flexibility index (Phi) is 14.8. The van der Waals surface area contributed by atoms with E-state index in [0.717, 1.165) is 25.3 Å². The third-order valence-electron chi connectivity index (χ3n) is 7.91. The molecule has 0 fully saturated rings. The van der Waals surface area contributed by atoms with Gasteiger partial charge in [0.2, 0.25) is 0 Å². The van der Waals surface area contributed by atoms with E-state index in [2.05, 4.69) is 33.5 Å². The number of benzene rings is 3. The quantitative estimate of drug-likeness (QED) is 0.0965. The number of aliphatic carboxylic acids is 1. The number of alkyl halides is 3. The number of nitrogens with one attached hydrogen (secondary N) is 2. The zero-order valence-corrected chi connectivity index (χ0v) is 27.7. The lowest BCUT2D eigenvalue weighted by atomic mass is 9.94. The molecule has 3 N–H and O–H groups in total. The van der Waals surface area contributed by atoms with Gasteiger partial charge in [-0.2, -0.15) is 13.2 Å². The molecule has 3 aromatic rings. The molecule has 0 saturated carbocycles. The molecule has 2 amide bonds. The molecule has 0 saturated heterocycles. The first-order valence-corrected chi connectivity index (χ1v) is 16.7. The predicted octanol–water partition coefficient (Wildman–Crippen LogP) is 9.27. The van der Waals surface area contributed by atoms with Crippen LogP contribution in [0.3, 0.4) is 0 Å². The molecule has 248 valence electrons. The maximum atomic E-state index is 13.6. The van der Waals surface area contributed by atoms with Crippen molar-refractivity contribution in [3.8, 4) is 11.1 Å². The number of carbonyl (C=O) groups excluding carboxylic acids is 2. The molecule has 0 aliphatic rings. The van der Waals surface area contributed by atoms with Crippen molar-refractivity contribution in [1.29, 1.82) is 0 Å². The van der Waals surface area contributed by atoms with E-state index in [1.165, 1.54) is 75.3 Å². The highest BCUT2D eigenvalue weighted by Crippen LogP contribution is 2.37. The average Bonchev–Trinajstić information content (AvgIpc) is 3.03. The van der Waals surface area contributed by atoms with Crippen molar-refractivity contribution in [2.45, 2.75) is 89.8 Å². The summed E-state index contributed by atoms with van der Waals surface area (Å²) in [6.07, 6.45) is 7.75. The molecular weight excluding hydrogens is 661 g/mol. The fourth-order valence-electron chi connectivity index (χ4n) is 5.34. The molecule has 3 rings (SSSR count). The second kappa shape index (κ2) is 18.5. The van der Waals surface area contributed by atoms with E-state index >= 15 is 0 Å². The Morgan fingerprint density at radius 1 is 0.826 bits per heavy atom. The SMILES string of the molecule is CCCCCCCCCCCCNC(=O)c1ccc(CC(NC(=O)C(=O)O)c2ccc(-c3ccccc3C(F)(F)F)cc2)c(Br)c1. The molecule has 0 aromatic heterocycles. The molecule has 0 heterocycles. The lowest BCUT2D eigenvalue weighted by Crippen LogP contribution is -2.35. The Labute approximate surface area is 277 Å². The predicted molar refractivity (Wildman–Crippen MR) is 177 cm³/mol. The standard InChI is InChI=1S/C36H42BrF3N2O4/c1-2-3-4-5-6-7-8-9-10-13-22-41-33(43)28-21-20-27(31(37)23-28)24-32(42-34(44)35(45)46)26-18-16-25(17-19-26)29-14-11-12-15-30(29)36(38,39)40/h11-12,14-21,23,32H,2-10,13,22,24H2,1H3,(H,41,43)(H,42,44)(H,45,46). The minimum absolute atomic E-state index is 0.0115. The number of hydrogen-bond acceptors (Lipinski definition) is 3. The number of carbonyl (C=O) groups is 3. The van der Waals surface area contributed by atoms with Crippen molar-refractivity contribution in [3.05, 3.63) is 93.5 Å². The van der Waals surface area contributed by atoms with Gasteiger partial charge >= 0.3 is 18.1 Å². The minimum Gasteiger partial charge on any atom is -0.474 e. The van der Waals surface area contributed by atoms with E-state index in [0.29, 0.717) is 33.3 Å². The molecule has 0 aliphatic carbocycles. The topological polar surface area (TPSA) is 95.5 Å². The summed E-state index contributed by atoms with van der Waals surface area (Å²) in [5.41, 5.74) is 1.24. The van der Waals surface area contributed by atoms with Crippen LogP contribution in [0.4, 0.5) is 13.2 Å². The molecule has 3 aromatic carbocycles. The zero-order valence-electron chi connectivity index (χ0n) is 26.1. The molecule has 0 bridgehead atoms. The summed E-state index contributed by atoms with van der Waals surface area (Å²) in [4.78, 5) is 36.2. The summed E-state index contributed by atoms with van der Waals surface area (Å²) in [6, 6.07) is 15.7. The van der Waals surface area contributed by atoms with Gasteiger partial charge in [-0.05, 0) is 53.3 Å². The highest BCUT2D eigenvalue weighted by Gasteiger charge is 2.33. The molecule has 10 heteroatoms. The highest BCUT2D eigenvalue weighted by molar-refractivity contribution is 9.10. The van der Waals surface area contributed by atoms with Gasteiger partial charge in [0, 0.05) is 16.6 Å². The van der Waals surface area contributed by atoms with Crippen LogP contribution in [0.5, 0.6) is 0 Å². The summed E-state index contributed by atoms with van der Waals surface area (Å²) < 4.78 is 41.3. The van der Waals surface area contributed by atoms with Gasteiger partial charge in [-0.1, -0.05) is 129 Å². The first-order valence-electron chi connectivity index (χ1n) is 15.9. The normalized spacial score (nSPS) is 12.0. The van der Waals surface area contributed by atoms with E-state index in [1.54, 1.807) is 30.3 Å². The van der Waals surface area contributed by atoms with Crippen LogP contribution in [0.15, 0.2) is 71.2 Å². The molecular formula is C36H42BrF3N2O4. The molecule has 0 spiro atoms. The van der Waals surface area contributed by atoms with Gasteiger partial charge in [0.15, 0.2) is 0 Å². The van der Waals surface area contributed by atoms with Gasteiger partial charge < -0.3 is 15.7 Å². The Hall–Kier alpha value is -3.66. The van der Waals surface area contributed by atoms with Crippen LogP contribution in [-0.4, -0.2) is 29.4 Å². The molecule has 1 unspecified atom stereocenters. The summed E-state index contributed by atoms with van der Waals surface area (Å²) in [5.74, 6) is -3.07. The number of carboxylic acids is 1.